The van der Waals surface area contributed by atoms with Gasteiger partial charge in [-0.05, 0) is 12.8 Å². The molecule has 0 fully saturated rings. The molecule has 2 aromatic carbocycles. The molecule has 2 rings (SSSR count). The second-order valence-electron chi connectivity index (χ2n) is 6.23. The van der Waals surface area contributed by atoms with E-state index < -0.39 is 7.14 Å². The largest absolute Gasteiger partial charge is 0.313 e. The second-order valence-corrected chi connectivity index (χ2v) is 9.57. The Bertz CT molecular complexity index is 577. The van der Waals surface area contributed by atoms with Crippen LogP contribution in [-0.2, 0) is 4.57 Å². The molecule has 0 N–H and O–H groups in total. The number of rotatable bonds is 7. The van der Waals surface area contributed by atoms with Gasteiger partial charge in [0.25, 0.3) is 0 Å². The van der Waals surface area contributed by atoms with Crippen LogP contribution in [0.4, 0.5) is 0 Å². The first-order chi connectivity index (χ1) is 10.6. The van der Waals surface area contributed by atoms with Crippen molar-refractivity contribution in [1.29, 1.82) is 0 Å². The van der Waals surface area contributed by atoms with Gasteiger partial charge in [-0.15, -0.1) is 0 Å². The van der Waals surface area contributed by atoms with Gasteiger partial charge in [-0.25, -0.2) is 0 Å². The summed E-state index contributed by atoms with van der Waals surface area (Å²) in [5.41, 5.74) is 0. The second kappa shape index (κ2) is 7.29. The predicted molar refractivity (Wildman–Crippen MR) is 98.0 cm³/mol. The van der Waals surface area contributed by atoms with Crippen LogP contribution in [0.3, 0.4) is 0 Å². The van der Waals surface area contributed by atoms with E-state index in [0.717, 1.165) is 36.3 Å². The van der Waals surface area contributed by atoms with Crippen molar-refractivity contribution < 1.29 is 4.57 Å². The maximum atomic E-state index is 14.4. The first kappa shape index (κ1) is 17.0. The molecular formula is C20H27OP. The summed E-state index contributed by atoms with van der Waals surface area (Å²) < 4.78 is 14.4. The van der Waals surface area contributed by atoms with Gasteiger partial charge < -0.3 is 4.57 Å². The zero-order chi connectivity index (χ0) is 16.1. The number of hydrogen-bond donors (Lipinski definition) is 0. The summed E-state index contributed by atoms with van der Waals surface area (Å²) in [7, 11) is -2.68. The summed E-state index contributed by atoms with van der Waals surface area (Å²) in [6.45, 7) is 6.59. The van der Waals surface area contributed by atoms with Crippen LogP contribution in [0.25, 0.3) is 0 Å². The molecule has 0 aromatic heterocycles. The number of hydrogen-bond acceptors (Lipinski definition) is 1. The Hall–Kier alpha value is -1.33. The molecule has 0 aliphatic rings. The van der Waals surface area contributed by atoms with Crippen molar-refractivity contribution in [1.82, 2.24) is 0 Å². The van der Waals surface area contributed by atoms with Gasteiger partial charge >= 0.3 is 0 Å². The van der Waals surface area contributed by atoms with Gasteiger partial charge in [-0.1, -0.05) is 94.3 Å². The Morgan fingerprint density at radius 3 is 1.68 bits per heavy atom. The molecule has 0 heterocycles. The fraction of sp³-hybridized carbons (Fsp3) is 0.400. The third-order valence-corrected chi connectivity index (χ3v) is 8.94. The topological polar surface area (TPSA) is 17.1 Å². The molecule has 1 nitrogen and oxygen atoms in total. The zero-order valence-corrected chi connectivity index (χ0v) is 14.9. The first-order valence-electron chi connectivity index (χ1n) is 8.30. The number of unbranched alkanes of at least 4 members (excludes halogenated alkanes) is 1. The molecule has 2 heteroatoms. The molecular weight excluding hydrogens is 287 g/mol. The lowest BCUT2D eigenvalue weighted by atomic mass is 10.0. The van der Waals surface area contributed by atoms with Crippen LogP contribution in [0.5, 0.6) is 0 Å². The highest BCUT2D eigenvalue weighted by Gasteiger charge is 2.44. The summed E-state index contributed by atoms with van der Waals surface area (Å²) in [6, 6.07) is 20.1. The molecule has 1 atom stereocenters. The molecule has 0 radical (unpaired) electrons. The normalized spacial score (nSPS) is 14.5. The van der Waals surface area contributed by atoms with E-state index in [4.69, 9.17) is 0 Å². The highest BCUT2D eigenvalue weighted by Crippen LogP contribution is 2.59. The highest BCUT2D eigenvalue weighted by atomic mass is 31.2. The smallest absolute Gasteiger partial charge is 0.148 e. The van der Waals surface area contributed by atoms with Crippen molar-refractivity contribution in [3.63, 3.8) is 0 Å². The van der Waals surface area contributed by atoms with E-state index in [2.05, 4.69) is 20.8 Å². The van der Waals surface area contributed by atoms with Gasteiger partial charge in [0.15, 0.2) is 0 Å². The molecule has 22 heavy (non-hydrogen) atoms. The third kappa shape index (κ3) is 3.06. The minimum Gasteiger partial charge on any atom is -0.313 e. The maximum absolute atomic E-state index is 14.4. The lowest BCUT2D eigenvalue weighted by Crippen LogP contribution is -2.35. The van der Waals surface area contributed by atoms with Crippen LogP contribution in [0.15, 0.2) is 60.7 Å². The highest BCUT2D eigenvalue weighted by molar-refractivity contribution is 7.80. The molecule has 2 aromatic rings. The predicted octanol–water partition coefficient (Wildman–Crippen LogP) is 5.36. The van der Waals surface area contributed by atoms with Gasteiger partial charge in [-0.2, -0.15) is 0 Å². The molecule has 1 unspecified atom stereocenters. The van der Waals surface area contributed by atoms with Crippen molar-refractivity contribution in [3.05, 3.63) is 60.7 Å². The number of benzene rings is 2. The molecule has 0 aliphatic carbocycles. The lowest BCUT2D eigenvalue weighted by Gasteiger charge is -2.38. The van der Waals surface area contributed by atoms with E-state index in [9.17, 15) is 4.57 Å². The van der Waals surface area contributed by atoms with Gasteiger partial charge in [-0.3, -0.25) is 0 Å². The van der Waals surface area contributed by atoms with Crippen molar-refractivity contribution >= 4 is 17.8 Å². The lowest BCUT2D eigenvalue weighted by molar-refractivity contribution is 0.488. The van der Waals surface area contributed by atoms with Crippen LogP contribution < -0.4 is 10.6 Å². The van der Waals surface area contributed by atoms with Crippen LogP contribution in [0, 0.1) is 0 Å². The van der Waals surface area contributed by atoms with E-state index >= 15 is 0 Å². The molecule has 0 saturated heterocycles. The van der Waals surface area contributed by atoms with Crippen LogP contribution in [-0.4, -0.2) is 5.16 Å². The summed E-state index contributed by atoms with van der Waals surface area (Å²) in [5.74, 6) is 0. The van der Waals surface area contributed by atoms with Crippen LogP contribution in [0.1, 0.15) is 46.5 Å². The Balaban J connectivity index is 2.63. The summed E-state index contributed by atoms with van der Waals surface area (Å²) in [6.07, 6.45) is 4.18. The molecule has 0 aliphatic heterocycles. The Kier molecular flexibility index (Phi) is 5.64. The molecule has 0 amide bonds. The van der Waals surface area contributed by atoms with E-state index in [1.54, 1.807) is 0 Å². The molecule has 0 bridgehead atoms. The maximum Gasteiger partial charge on any atom is 0.148 e. The van der Waals surface area contributed by atoms with Gasteiger partial charge in [0.05, 0.1) is 0 Å². The monoisotopic (exact) mass is 314 g/mol. The van der Waals surface area contributed by atoms with Gasteiger partial charge in [0, 0.05) is 15.8 Å². The van der Waals surface area contributed by atoms with Crippen molar-refractivity contribution in [2.45, 2.75) is 51.6 Å². The van der Waals surface area contributed by atoms with Crippen molar-refractivity contribution in [2.24, 2.45) is 0 Å². The quantitative estimate of drug-likeness (QED) is 0.629. The van der Waals surface area contributed by atoms with Crippen molar-refractivity contribution in [2.75, 3.05) is 0 Å². The summed E-state index contributed by atoms with van der Waals surface area (Å²) >= 11 is 0. The average molecular weight is 314 g/mol. The fourth-order valence-corrected chi connectivity index (χ4v) is 6.81. The Morgan fingerprint density at radius 2 is 1.32 bits per heavy atom. The summed E-state index contributed by atoms with van der Waals surface area (Å²) in [4.78, 5) is 0. The van der Waals surface area contributed by atoms with Gasteiger partial charge in [0.2, 0.25) is 0 Å². The van der Waals surface area contributed by atoms with Crippen LogP contribution in [0.2, 0.25) is 0 Å². The first-order valence-corrected chi connectivity index (χ1v) is 10.0. The van der Waals surface area contributed by atoms with E-state index in [-0.39, 0.29) is 5.16 Å². The average Bonchev–Trinajstić information content (AvgIpc) is 2.60. The van der Waals surface area contributed by atoms with E-state index in [1.807, 2.05) is 60.7 Å². The molecule has 0 saturated carbocycles. The Morgan fingerprint density at radius 1 is 0.864 bits per heavy atom. The van der Waals surface area contributed by atoms with E-state index in [0.29, 0.717) is 0 Å². The van der Waals surface area contributed by atoms with Crippen molar-refractivity contribution in [3.8, 4) is 0 Å². The van der Waals surface area contributed by atoms with Crippen LogP contribution >= 0.6 is 7.14 Å². The fourth-order valence-electron chi connectivity index (χ4n) is 3.16. The third-order valence-electron chi connectivity index (χ3n) is 4.83. The minimum atomic E-state index is -2.68. The standard InChI is InChI=1S/C20H27OP/c1-4-6-17-20(3,5-2)22(21,18-13-9-7-10-14-18)19-15-11-8-12-16-19/h7-16H,4-6,17H2,1-3H3. The van der Waals surface area contributed by atoms with E-state index in [1.165, 1.54) is 0 Å². The molecule has 118 valence electrons. The molecule has 0 spiro atoms. The SMILES string of the molecule is CCCCC(C)(CC)P(=O)(c1ccccc1)c1ccccc1. The Labute approximate surface area is 135 Å². The zero-order valence-electron chi connectivity index (χ0n) is 14.0. The minimum absolute atomic E-state index is 0.189. The summed E-state index contributed by atoms with van der Waals surface area (Å²) in [5, 5.41) is 1.79. The van der Waals surface area contributed by atoms with Gasteiger partial charge in [0.1, 0.15) is 7.14 Å².